The van der Waals surface area contributed by atoms with Crippen LogP contribution in [-0.4, -0.2) is 24.1 Å². The van der Waals surface area contributed by atoms with Gasteiger partial charge in [0, 0.05) is 36.3 Å². The first-order chi connectivity index (χ1) is 8.24. The van der Waals surface area contributed by atoms with Crippen LogP contribution < -0.4 is 0 Å². The van der Waals surface area contributed by atoms with Crippen LogP contribution in [-0.2, 0) is 0 Å². The SMILES string of the molecule is CC(C)n1cc(-c2cc3nccn3cn2)cn1. The van der Waals surface area contributed by atoms with Gasteiger partial charge in [-0.25, -0.2) is 9.97 Å². The van der Waals surface area contributed by atoms with Gasteiger partial charge in [-0.2, -0.15) is 5.10 Å². The fourth-order valence-corrected chi connectivity index (χ4v) is 1.73. The third kappa shape index (κ3) is 1.69. The third-order valence-electron chi connectivity index (χ3n) is 2.71. The Balaban J connectivity index is 2.06. The zero-order chi connectivity index (χ0) is 11.8. The molecule has 3 aromatic heterocycles. The van der Waals surface area contributed by atoms with E-state index in [1.807, 2.05) is 33.7 Å². The van der Waals surface area contributed by atoms with Crippen molar-refractivity contribution in [3.8, 4) is 11.3 Å². The zero-order valence-electron chi connectivity index (χ0n) is 9.78. The van der Waals surface area contributed by atoms with Gasteiger partial charge < -0.3 is 0 Å². The molecule has 0 N–H and O–H groups in total. The second-order valence-electron chi connectivity index (χ2n) is 4.27. The average Bonchev–Trinajstić information content (AvgIpc) is 2.97. The number of rotatable bonds is 2. The van der Waals surface area contributed by atoms with Gasteiger partial charge in [-0.1, -0.05) is 0 Å². The summed E-state index contributed by atoms with van der Waals surface area (Å²) in [4.78, 5) is 8.63. The van der Waals surface area contributed by atoms with Gasteiger partial charge in [-0.05, 0) is 13.8 Å². The molecule has 0 unspecified atom stereocenters. The van der Waals surface area contributed by atoms with Gasteiger partial charge in [0.15, 0.2) is 0 Å². The lowest BCUT2D eigenvalue weighted by Crippen LogP contribution is -1.99. The lowest BCUT2D eigenvalue weighted by atomic mass is 10.2. The number of imidazole rings is 1. The Kier molecular flexibility index (Phi) is 2.18. The Morgan fingerprint density at radius 2 is 2.12 bits per heavy atom. The molecule has 5 nitrogen and oxygen atoms in total. The Labute approximate surface area is 98.7 Å². The van der Waals surface area contributed by atoms with Crippen LogP contribution in [0.2, 0.25) is 0 Å². The van der Waals surface area contributed by atoms with Gasteiger partial charge in [-0.15, -0.1) is 0 Å². The minimum atomic E-state index is 0.360. The number of aromatic nitrogens is 5. The van der Waals surface area contributed by atoms with E-state index in [-0.39, 0.29) is 0 Å². The molecule has 0 saturated carbocycles. The molecule has 17 heavy (non-hydrogen) atoms. The monoisotopic (exact) mass is 227 g/mol. The Morgan fingerprint density at radius 3 is 2.88 bits per heavy atom. The Hall–Kier alpha value is -2.17. The zero-order valence-corrected chi connectivity index (χ0v) is 9.78. The summed E-state index contributed by atoms with van der Waals surface area (Å²) in [5, 5.41) is 4.31. The quantitative estimate of drug-likeness (QED) is 0.674. The van der Waals surface area contributed by atoms with E-state index in [9.17, 15) is 0 Å². The van der Waals surface area contributed by atoms with E-state index in [0.29, 0.717) is 6.04 Å². The maximum absolute atomic E-state index is 4.39. The summed E-state index contributed by atoms with van der Waals surface area (Å²) in [5.41, 5.74) is 2.81. The second-order valence-corrected chi connectivity index (χ2v) is 4.27. The number of hydrogen-bond acceptors (Lipinski definition) is 3. The fraction of sp³-hybridized carbons (Fsp3) is 0.250. The van der Waals surface area contributed by atoms with Crippen LogP contribution in [0.15, 0.2) is 37.2 Å². The standard InChI is InChI=1S/C12H13N5/c1-9(2)17-7-10(6-15-17)11-5-12-13-3-4-16(12)8-14-11/h3-9H,1-2H3. The molecule has 86 valence electrons. The number of nitrogens with zero attached hydrogens (tertiary/aromatic N) is 5. The predicted octanol–water partition coefficient (Wildman–Crippen LogP) is 2.17. The van der Waals surface area contributed by atoms with Crippen LogP contribution in [0, 0.1) is 0 Å². The van der Waals surface area contributed by atoms with Gasteiger partial charge in [-0.3, -0.25) is 9.08 Å². The van der Waals surface area contributed by atoms with E-state index in [4.69, 9.17) is 0 Å². The fourth-order valence-electron chi connectivity index (χ4n) is 1.73. The van der Waals surface area contributed by atoms with Crippen LogP contribution >= 0.6 is 0 Å². The molecule has 0 aliphatic heterocycles. The third-order valence-corrected chi connectivity index (χ3v) is 2.71. The molecule has 0 amide bonds. The van der Waals surface area contributed by atoms with Crippen molar-refractivity contribution >= 4 is 5.65 Å². The van der Waals surface area contributed by atoms with E-state index < -0.39 is 0 Å². The van der Waals surface area contributed by atoms with Crippen LogP contribution in [0.4, 0.5) is 0 Å². The molecule has 3 heterocycles. The molecular weight excluding hydrogens is 214 g/mol. The van der Waals surface area contributed by atoms with E-state index in [0.717, 1.165) is 16.9 Å². The van der Waals surface area contributed by atoms with Crippen LogP contribution in [0.3, 0.4) is 0 Å². The van der Waals surface area contributed by atoms with E-state index in [1.165, 1.54) is 0 Å². The van der Waals surface area contributed by atoms with Crippen molar-refractivity contribution in [1.82, 2.24) is 24.1 Å². The highest BCUT2D eigenvalue weighted by Gasteiger charge is 2.06. The molecule has 0 aliphatic rings. The summed E-state index contributed by atoms with van der Waals surface area (Å²) in [6.45, 7) is 4.20. The highest BCUT2D eigenvalue weighted by atomic mass is 15.3. The molecule has 0 atom stereocenters. The highest BCUT2D eigenvalue weighted by Crippen LogP contribution is 2.18. The average molecular weight is 227 g/mol. The lowest BCUT2D eigenvalue weighted by molar-refractivity contribution is 0.532. The summed E-state index contributed by atoms with van der Waals surface area (Å²) < 4.78 is 3.81. The van der Waals surface area contributed by atoms with Gasteiger partial charge in [0.25, 0.3) is 0 Å². The van der Waals surface area contributed by atoms with Gasteiger partial charge in [0.1, 0.15) is 12.0 Å². The van der Waals surface area contributed by atoms with Crippen molar-refractivity contribution in [1.29, 1.82) is 0 Å². The highest BCUT2D eigenvalue weighted by molar-refractivity contribution is 5.61. The van der Waals surface area contributed by atoms with Crippen LogP contribution in [0.1, 0.15) is 19.9 Å². The summed E-state index contributed by atoms with van der Waals surface area (Å²) >= 11 is 0. The molecule has 0 saturated heterocycles. The molecule has 0 aliphatic carbocycles. The van der Waals surface area contributed by atoms with E-state index >= 15 is 0 Å². The molecule has 0 spiro atoms. The minimum absolute atomic E-state index is 0.360. The second kappa shape index (κ2) is 3.69. The van der Waals surface area contributed by atoms with Crippen molar-refractivity contribution in [2.24, 2.45) is 0 Å². The van der Waals surface area contributed by atoms with E-state index in [2.05, 4.69) is 28.9 Å². The summed E-state index contributed by atoms with van der Waals surface area (Å²) in [6.07, 6.45) is 9.25. The van der Waals surface area contributed by atoms with Crippen molar-refractivity contribution in [2.75, 3.05) is 0 Å². The summed E-state index contributed by atoms with van der Waals surface area (Å²) in [5.74, 6) is 0. The van der Waals surface area contributed by atoms with Crippen molar-refractivity contribution in [3.63, 3.8) is 0 Å². The molecule has 0 aromatic carbocycles. The van der Waals surface area contributed by atoms with Crippen LogP contribution in [0.25, 0.3) is 16.9 Å². The smallest absolute Gasteiger partial charge is 0.140 e. The molecule has 3 rings (SSSR count). The summed E-state index contributed by atoms with van der Waals surface area (Å²) in [6, 6.07) is 2.32. The van der Waals surface area contributed by atoms with Gasteiger partial charge in [0.2, 0.25) is 0 Å². The molecular formula is C12H13N5. The first-order valence-electron chi connectivity index (χ1n) is 5.57. The number of hydrogen-bond donors (Lipinski definition) is 0. The molecule has 0 bridgehead atoms. The van der Waals surface area contributed by atoms with Crippen molar-refractivity contribution < 1.29 is 0 Å². The molecule has 3 aromatic rings. The topological polar surface area (TPSA) is 48.0 Å². The Bertz CT molecular complexity index is 650. The Morgan fingerprint density at radius 1 is 1.24 bits per heavy atom. The lowest BCUT2D eigenvalue weighted by Gasteiger charge is -2.03. The normalized spacial score (nSPS) is 11.5. The maximum Gasteiger partial charge on any atom is 0.140 e. The largest absolute Gasteiger partial charge is 0.290 e. The first kappa shape index (κ1) is 10.0. The number of fused-ring (bicyclic) bond motifs is 1. The van der Waals surface area contributed by atoms with E-state index in [1.54, 1.807) is 12.5 Å². The van der Waals surface area contributed by atoms with Crippen LogP contribution in [0.5, 0.6) is 0 Å². The summed E-state index contributed by atoms with van der Waals surface area (Å²) in [7, 11) is 0. The predicted molar refractivity (Wildman–Crippen MR) is 64.6 cm³/mol. The van der Waals surface area contributed by atoms with Gasteiger partial charge >= 0.3 is 0 Å². The molecule has 0 fully saturated rings. The molecule has 5 heteroatoms. The van der Waals surface area contributed by atoms with Gasteiger partial charge in [0.05, 0.1) is 11.9 Å². The minimum Gasteiger partial charge on any atom is -0.290 e. The molecule has 0 radical (unpaired) electrons. The first-order valence-corrected chi connectivity index (χ1v) is 5.57. The van der Waals surface area contributed by atoms with Crippen molar-refractivity contribution in [3.05, 3.63) is 37.2 Å². The maximum atomic E-state index is 4.39. The van der Waals surface area contributed by atoms with Crippen molar-refractivity contribution in [2.45, 2.75) is 19.9 Å².